The Morgan fingerprint density at radius 2 is 2.27 bits per heavy atom. The molecule has 0 aliphatic carbocycles. The van der Waals surface area contributed by atoms with Crippen molar-refractivity contribution in [3.8, 4) is 0 Å². The first-order valence-corrected chi connectivity index (χ1v) is 4.70. The van der Waals surface area contributed by atoms with E-state index in [-0.39, 0.29) is 6.61 Å². The van der Waals surface area contributed by atoms with Gasteiger partial charge >= 0.3 is 0 Å². The quantitative estimate of drug-likeness (QED) is 0.737. The van der Waals surface area contributed by atoms with E-state index in [4.69, 9.17) is 5.11 Å². The molecule has 0 amide bonds. The fraction of sp³-hybridized carbons (Fsp3) is 0.556. The zero-order chi connectivity index (χ0) is 8.27. The summed E-state index contributed by atoms with van der Waals surface area (Å²) in [7, 11) is 0. The van der Waals surface area contributed by atoms with E-state index in [1.165, 1.54) is 9.75 Å². The van der Waals surface area contributed by atoms with Gasteiger partial charge in [0.1, 0.15) is 0 Å². The average molecular weight is 170 g/mol. The van der Waals surface area contributed by atoms with Crippen molar-refractivity contribution in [3.05, 3.63) is 21.9 Å². The molecule has 1 nitrogen and oxygen atoms in total. The molecule has 1 rings (SSSR count). The summed E-state index contributed by atoms with van der Waals surface area (Å²) >= 11 is 1.82. The molecule has 1 aromatic rings. The Kier molecular flexibility index (Phi) is 3.09. The molecule has 1 atom stereocenters. The van der Waals surface area contributed by atoms with Crippen LogP contribution in [0.5, 0.6) is 0 Å². The molecule has 62 valence electrons. The van der Waals surface area contributed by atoms with Crippen molar-refractivity contribution in [3.63, 3.8) is 0 Å². The molecule has 0 saturated carbocycles. The molecule has 1 N–H and O–H groups in total. The Bertz CT molecular complexity index is 217. The van der Waals surface area contributed by atoms with Gasteiger partial charge in [0, 0.05) is 16.4 Å². The van der Waals surface area contributed by atoms with Crippen LogP contribution in [0.25, 0.3) is 0 Å². The molecule has 2 heteroatoms. The average Bonchev–Trinajstić information content (AvgIpc) is 2.35. The predicted molar refractivity (Wildman–Crippen MR) is 49.0 cm³/mol. The Morgan fingerprint density at radius 3 is 2.73 bits per heavy atom. The SMILES string of the molecule is Cc1ccc(CC(C)CO)s1. The molecule has 0 fully saturated rings. The number of thiophene rings is 1. The lowest BCUT2D eigenvalue weighted by Crippen LogP contribution is -2.02. The molecule has 0 radical (unpaired) electrons. The molecule has 11 heavy (non-hydrogen) atoms. The second-order valence-electron chi connectivity index (χ2n) is 3.00. The van der Waals surface area contributed by atoms with Crippen molar-refractivity contribution in [2.24, 2.45) is 5.92 Å². The molecule has 0 aliphatic rings. The highest BCUT2D eigenvalue weighted by Gasteiger charge is 2.02. The Labute approximate surface area is 71.7 Å². The van der Waals surface area contributed by atoms with Gasteiger partial charge in [0.25, 0.3) is 0 Å². The molecule has 0 aromatic carbocycles. The molecule has 0 spiro atoms. The Hall–Kier alpha value is -0.340. The number of hydrogen-bond acceptors (Lipinski definition) is 2. The van der Waals surface area contributed by atoms with Crippen LogP contribution in [0.4, 0.5) is 0 Å². The van der Waals surface area contributed by atoms with Crippen molar-refractivity contribution in [2.75, 3.05) is 6.61 Å². The van der Waals surface area contributed by atoms with Crippen LogP contribution in [0, 0.1) is 12.8 Å². The van der Waals surface area contributed by atoms with Gasteiger partial charge in [-0.05, 0) is 31.4 Å². The molecular weight excluding hydrogens is 156 g/mol. The van der Waals surface area contributed by atoms with Crippen LogP contribution < -0.4 is 0 Å². The van der Waals surface area contributed by atoms with Crippen molar-refractivity contribution in [2.45, 2.75) is 20.3 Å². The molecule has 1 unspecified atom stereocenters. The molecular formula is C9H14OS. The van der Waals surface area contributed by atoms with Crippen LogP contribution in [-0.2, 0) is 6.42 Å². The third kappa shape index (κ3) is 2.64. The maximum atomic E-state index is 8.81. The van der Waals surface area contributed by atoms with Crippen LogP contribution in [0.3, 0.4) is 0 Å². The number of rotatable bonds is 3. The Morgan fingerprint density at radius 1 is 1.55 bits per heavy atom. The fourth-order valence-electron chi connectivity index (χ4n) is 1.00. The topological polar surface area (TPSA) is 20.2 Å². The maximum Gasteiger partial charge on any atom is 0.0460 e. The van der Waals surface area contributed by atoms with Crippen LogP contribution in [0.1, 0.15) is 16.7 Å². The monoisotopic (exact) mass is 170 g/mol. The summed E-state index contributed by atoms with van der Waals surface area (Å²) in [4.78, 5) is 2.73. The predicted octanol–water partition coefficient (Wildman–Crippen LogP) is 2.23. The highest BCUT2D eigenvalue weighted by molar-refractivity contribution is 7.11. The van der Waals surface area contributed by atoms with Gasteiger partial charge in [-0.15, -0.1) is 11.3 Å². The molecule has 0 saturated heterocycles. The van der Waals surface area contributed by atoms with E-state index < -0.39 is 0 Å². The lowest BCUT2D eigenvalue weighted by Gasteiger charge is -2.03. The van der Waals surface area contributed by atoms with Gasteiger partial charge < -0.3 is 5.11 Å². The largest absolute Gasteiger partial charge is 0.396 e. The number of aryl methyl sites for hydroxylation is 1. The number of aliphatic hydroxyl groups is 1. The van der Waals surface area contributed by atoms with E-state index in [0.29, 0.717) is 5.92 Å². The lowest BCUT2D eigenvalue weighted by atomic mass is 10.1. The van der Waals surface area contributed by atoms with E-state index in [1.807, 2.05) is 11.3 Å². The zero-order valence-electron chi connectivity index (χ0n) is 7.00. The summed E-state index contributed by atoms with van der Waals surface area (Å²) in [5.41, 5.74) is 0. The van der Waals surface area contributed by atoms with E-state index in [9.17, 15) is 0 Å². The summed E-state index contributed by atoms with van der Waals surface area (Å²) in [5, 5.41) is 8.81. The minimum absolute atomic E-state index is 0.289. The summed E-state index contributed by atoms with van der Waals surface area (Å²) in [6.45, 7) is 4.46. The summed E-state index contributed by atoms with van der Waals surface area (Å²) in [6, 6.07) is 4.27. The standard InChI is InChI=1S/C9H14OS/c1-7(6-10)5-9-4-3-8(2)11-9/h3-4,7,10H,5-6H2,1-2H3. The molecule has 1 aromatic heterocycles. The van der Waals surface area contributed by atoms with Gasteiger partial charge in [-0.2, -0.15) is 0 Å². The van der Waals surface area contributed by atoms with Crippen molar-refractivity contribution in [1.82, 2.24) is 0 Å². The van der Waals surface area contributed by atoms with Gasteiger partial charge in [-0.1, -0.05) is 6.92 Å². The number of hydrogen-bond donors (Lipinski definition) is 1. The minimum Gasteiger partial charge on any atom is -0.396 e. The van der Waals surface area contributed by atoms with E-state index in [2.05, 4.69) is 26.0 Å². The smallest absolute Gasteiger partial charge is 0.0460 e. The van der Waals surface area contributed by atoms with Gasteiger partial charge in [0.2, 0.25) is 0 Å². The van der Waals surface area contributed by atoms with Crippen molar-refractivity contribution >= 4 is 11.3 Å². The highest BCUT2D eigenvalue weighted by Crippen LogP contribution is 2.18. The highest BCUT2D eigenvalue weighted by atomic mass is 32.1. The third-order valence-electron chi connectivity index (χ3n) is 1.66. The van der Waals surface area contributed by atoms with Gasteiger partial charge in [-0.3, -0.25) is 0 Å². The summed E-state index contributed by atoms with van der Waals surface area (Å²) < 4.78 is 0. The van der Waals surface area contributed by atoms with Crippen LogP contribution in [0.2, 0.25) is 0 Å². The lowest BCUT2D eigenvalue weighted by molar-refractivity contribution is 0.237. The van der Waals surface area contributed by atoms with Crippen LogP contribution in [-0.4, -0.2) is 11.7 Å². The van der Waals surface area contributed by atoms with Gasteiger partial charge in [0.05, 0.1) is 0 Å². The van der Waals surface area contributed by atoms with E-state index in [0.717, 1.165) is 6.42 Å². The normalized spacial score (nSPS) is 13.4. The van der Waals surface area contributed by atoms with Crippen molar-refractivity contribution < 1.29 is 5.11 Å². The third-order valence-corrected chi connectivity index (χ3v) is 2.68. The zero-order valence-corrected chi connectivity index (χ0v) is 7.82. The fourth-order valence-corrected chi connectivity index (χ4v) is 2.06. The van der Waals surface area contributed by atoms with E-state index >= 15 is 0 Å². The van der Waals surface area contributed by atoms with Crippen molar-refractivity contribution in [1.29, 1.82) is 0 Å². The summed E-state index contributed by atoms with van der Waals surface area (Å²) in [5.74, 6) is 0.396. The van der Waals surface area contributed by atoms with Crippen LogP contribution in [0.15, 0.2) is 12.1 Å². The van der Waals surface area contributed by atoms with Crippen LogP contribution >= 0.6 is 11.3 Å². The molecule has 1 heterocycles. The van der Waals surface area contributed by atoms with E-state index in [1.54, 1.807) is 0 Å². The van der Waals surface area contributed by atoms with Gasteiger partial charge in [-0.25, -0.2) is 0 Å². The Balaban J connectivity index is 2.50. The summed E-state index contributed by atoms with van der Waals surface area (Å²) in [6.07, 6.45) is 1.01. The van der Waals surface area contributed by atoms with Gasteiger partial charge in [0.15, 0.2) is 0 Å². The molecule has 0 aliphatic heterocycles. The second kappa shape index (κ2) is 3.88. The second-order valence-corrected chi connectivity index (χ2v) is 4.38. The first-order chi connectivity index (χ1) is 5.22. The first kappa shape index (κ1) is 8.75. The first-order valence-electron chi connectivity index (χ1n) is 3.88. The minimum atomic E-state index is 0.289. The number of aliphatic hydroxyl groups excluding tert-OH is 1. The molecule has 0 bridgehead atoms. The maximum absolute atomic E-state index is 8.81.